The Hall–Kier alpha value is -0.960. The summed E-state index contributed by atoms with van der Waals surface area (Å²) in [5.74, 6) is 0. The number of nitrogens with one attached hydrogen (secondary N) is 1. The number of nitrogen functional groups attached to an aromatic ring is 1. The van der Waals surface area contributed by atoms with Gasteiger partial charge in [0, 0.05) is 21.2 Å². The number of thiazole rings is 1. The van der Waals surface area contributed by atoms with Gasteiger partial charge in [0.05, 0.1) is 11.4 Å². The first-order valence-corrected chi connectivity index (χ1v) is 9.00. The summed E-state index contributed by atoms with van der Waals surface area (Å²) in [7, 11) is -3.62. The number of benzene rings is 1. The van der Waals surface area contributed by atoms with Crippen LogP contribution in [0.1, 0.15) is 16.8 Å². The van der Waals surface area contributed by atoms with Crippen LogP contribution in [0.5, 0.6) is 0 Å². The second-order valence-corrected chi connectivity index (χ2v) is 7.88. The lowest BCUT2D eigenvalue weighted by molar-refractivity contribution is 0.580. The molecule has 1 aromatic heterocycles. The van der Waals surface area contributed by atoms with Gasteiger partial charge in [-0.05, 0) is 40.5 Å². The molecule has 2 rings (SSSR count). The van der Waals surface area contributed by atoms with Gasteiger partial charge in [-0.1, -0.05) is 6.92 Å². The first-order valence-electron chi connectivity index (χ1n) is 5.90. The predicted molar refractivity (Wildman–Crippen MR) is 84.1 cm³/mol. The summed E-state index contributed by atoms with van der Waals surface area (Å²) >= 11 is 4.72. The van der Waals surface area contributed by atoms with Crippen LogP contribution in [0.3, 0.4) is 0 Å². The fraction of sp³-hybridized carbons (Fsp3) is 0.250. The molecule has 0 aliphatic carbocycles. The van der Waals surface area contributed by atoms with E-state index >= 15 is 0 Å². The van der Waals surface area contributed by atoms with Crippen LogP contribution in [0.4, 0.5) is 5.69 Å². The minimum Gasteiger partial charge on any atom is -0.399 e. The van der Waals surface area contributed by atoms with Crippen molar-refractivity contribution in [3.05, 3.63) is 38.8 Å². The number of anilines is 1. The highest BCUT2D eigenvalue weighted by molar-refractivity contribution is 9.10. The van der Waals surface area contributed by atoms with Crippen molar-refractivity contribution < 1.29 is 8.42 Å². The molecule has 0 saturated heterocycles. The summed E-state index contributed by atoms with van der Waals surface area (Å²) in [5.41, 5.74) is 6.03. The Morgan fingerprint density at radius 2 is 2.20 bits per heavy atom. The molecule has 0 amide bonds. The predicted octanol–water partition coefficient (Wildman–Crippen LogP) is 2.53. The monoisotopic (exact) mass is 375 g/mol. The lowest BCUT2D eigenvalue weighted by atomic mass is 10.3. The number of nitrogens with zero attached hydrogens (tertiary/aromatic N) is 1. The van der Waals surface area contributed by atoms with E-state index in [1.807, 2.05) is 6.92 Å². The number of aryl methyl sites for hydroxylation is 1. The van der Waals surface area contributed by atoms with Crippen molar-refractivity contribution in [1.29, 1.82) is 0 Å². The van der Waals surface area contributed by atoms with Crippen LogP contribution in [-0.4, -0.2) is 13.4 Å². The lowest BCUT2D eigenvalue weighted by Gasteiger charge is -2.08. The molecule has 0 saturated carbocycles. The summed E-state index contributed by atoms with van der Waals surface area (Å²) < 4.78 is 27.5. The summed E-state index contributed by atoms with van der Waals surface area (Å²) in [5, 5.41) is 0.741. The van der Waals surface area contributed by atoms with Crippen LogP contribution in [0.2, 0.25) is 0 Å². The fourth-order valence-electron chi connectivity index (χ4n) is 1.55. The largest absolute Gasteiger partial charge is 0.399 e. The first kappa shape index (κ1) is 15.4. The summed E-state index contributed by atoms with van der Waals surface area (Å²) in [6.07, 6.45) is 2.66. The summed E-state index contributed by atoms with van der Waals surface area (Å²) in [4.78, 5) is 5.44. The second-order valence-electron chi connectivity index (χ2n) is 4.09. The maximum Gasteiger partial charge on any atom is 0.242 e. The zero-order chi connectivity index (χ0) is 14.8. The average Bonchev–Trinajstić information content (AvgIpc) is 2.87. The standard InChI is InChI=1S/C12H14BrN3O2S2/c1-2-9-6-15-12(19-9)7-16-20(17,18)11-5-8(14)3-4-10(11)13/h3-6,16H,2,7,14H2,1H3. The Balaban J connectivity index is 2.17. The highest BCUT2D eigenvalue weighted by Crippen LogP contribution is 2.24. The molecule has 1 heterocycles. The zero-order valence-corrected chi connectivity index (χ0v) is 14.0. The molecule has 2 aromatic rings. The van der Waals surface area contributed by atoms with Crippen molar-refractivity contribution in [2.75, 3.05) is 5.73 Å². The molecule has 20 heavy (non-hydrogen) atoms. The third-order valence-corrected chi connectivity index (χ3v) is 6.14. The molecule has 5 nitrogen and oxygen atoms in total. The molecule has 0 aliphatic rings. The second kappa shape index (κ2) is 6.21. The van der Waals surface area contributed by atoms with E-state index in [9.17, 15) is 8.42 Å². The van der Waals surface area contributed by atoms with Gasteiger partial charge in [-0.15, -0.1) is 11.3 Å². The Morgan fingerprint density at radius 3 is 2.85 bits per heavy atom. The van der Waals surface area contributed by atoms with Crippen LogP contribution < -0.4 is 10.5 Å². The van der Waals surface area contributed by atoms with Crippen molar-refractivity contribution in [2.45, 2.75) is 24.8 Å². The van der Waals surface area contributed by atoms with Gasteiger partial charge in [-0.3, -0.25) is 0 Å². The van der Waals surface area contributed by atoms with E-state index in [-0.39, 0.29) is 11.4 Å². The van der Waals surface area contributed by atoms with Gasteiger partial charge >= 0.3 is 0 Å². The van der Waals surface area contributed by atoms with Gasteiger partial charge in [0.2, 0.25) is 10.0 Å². The molecule has 0 radical (unpaired) electrons. The number of sulfonamides is 1. The van der Waals surface area contributed by atoms with Gasteiger partial charge in [0.1, 0.15) is 5.01 Å². The van der Waals surface area contributed by atoms with Crippen LogP contribution in [0.15, 0.2) is 33.8 Å². The van der Waals surface area contributed by atoms with E-state index in [0.717, 1.165) is 16.3 Å². The zero-order valence-electron chi connectivity index (χ0n) is 10.8. The molecule has 0 fully saturated rings. The molecular formula is C12H14BrN3O2S2. The van der Waals surface area contributed by atoms with Crippen molar-refractivity contribution in [3.8, 4) is 0 Å². The van der Waals surface area contributed by atoms with E-state index in [1.165, 1.54) is 17.4 Å². The minimum absolute atomic E-state index is 0.129. The van der Waals surface area contributed by atoms with E-state index in [2.05, 4.69) is 25.6 Å². The molecule has 0 aliphatic heterocycles. The van der Waals surface area contributed by atoms with E-state index in [1.54, 1.807) is 18.3 Å². The molecule has 1 aromatic carbocycles. The number of nitrogens with two attached hydrogens (primary N) is 1. The molecule has 108 valence electrons. The molecule has 0 bridgehead atoms. The maximum atomic E-state index is 12.2. The van der Waals surface area contributed by atoms with Gasteiger partial charge in [-0.25, -0.2) is 18.1 Å². The summed E-state index contributed by atoms with van der Waals surface area (Å²) in [6, 6.07) is 4.67. The van der Waals surface area contributed by atoms with Crippen LogP contribution in [0, 0.1) is 0 Å². The quantitative estimate of drug-likeness (QED) is 0.786. The number of aromatic nitrogens is 1. The first-order chi connectivity index (χ1) is 9.42. The van der Waals surface area contributed by atoms with E-state index in [0.29, 0.717) is 10.2 Å². The molecular weight excluding hydrogens is 362 g/mol. The third-order valence-electron chi connectivity index (χ3n) is 2.61. The van der Waals surface area contributed by atoms with Crippen LogP contribution in [0.25, 0.3) is 0 Å². The van der Waals surface area contributed by atoms with Crippen LogP contribution >= 0.6 is 27.3 Å². The topological polar surface area (TPSA) is 85.1 Å². The minimum atomic E-state index is -3.62. The Kier molecular flexibility index (Phi) is 4.79. The Morgan fingerprint density at radius 1 is 1.45 bits per heavy atom. The number of hydrogen-bond acceptors (Lipinski definition) is 5. The van der Waals surface area contributed by atoms with Gasteiger partial charge in [0.15, 0.2) is 0 Å². The van der Waals surface area contributed by atoms with Gasteiger partial charge < -0.3 is 5.73 Å². The molecule has 0 unspecified atom stereocenters. The summed E-state index contributed by atoms with van der Waals surface area (Å²) in [6.45, 7) is 2.21. The number of hydrogen-bond donors (Lipinski definition) is 2. The Labute approximate surface area is 130 Å². The SMILES string of the molecule is CCc1cnc(CNS(=O)(=O)c2cc(N)ccc2Br)s1. The Bertz CT molecular complexity index is 713. The van der Waals surface area contributed by atoms with Gasteiger partial charge in [-0.2, -0.15) is 0 Å². The highest BCUT2D eigenvalue weighted by atomic mass is 79.9. The fourth-order valence-corrected chi connectivity index (χ4v) is 4.43. The molecule has 3 N–H and O–H groups in total. The number of halogens is 1. The normalized spacial score (nSPS) is 11.7. The molecule has 8 heteroatoms. The third kappa shape index (κ3) is 3.57. The van der Waals surface area contributed by atoms with Gasteiger partial charge in [0.25, 0.3) is 0 Å². The number of rotatable bonds is 5. The lowest BCUT2D eigenvalue weighted by Crippen LogP contribution is -2.23. The smallest absolute Gasteiger partial charge is 0.242 e. The maximum absolute atomic E-state index is 12.2. The van der Waals surface area contributed by atoms with E-state index in [4.69, 9.17) is 5.73 Å². The van der Waals surface area contributed by atoms with Crippen molar-refractivity contribution in [3.63, 3.8) is 0 Å². The van der Waals surface area contributed by atoms with Crippen molar-refractivity contribution >= 4 is 43.0 Å². The molecule has 0 spiro atoms. The molecule has 0 atom stereocenters. The van der Waals surface area contributed by atoms with Crippen molar-refractivity contribution in [1.82, 2.24) is 9.71 Å². The highest BCUT2D eigenvalue weighted by Gasteiger charge is 2.18. The van der Waals surface area contributed by atoms with Crippen LogP contribution in [-0.2, 0) is 23.0 Å². The average molecular weight is 376 g/mol. The van der Waals surface area contributed by atoms with E-state index < -0.39 is 10.0 Å². The van der Waals surface area contributed by atoms with Crippen molar-refractivity contribution in [2.24, 2.45) is 0 Å².